The summed E-state index contributed by atoms with van der Waals surface area (Å²) in [6, 6.07) is -0.610. The monoisotopic (exact) mass is 271 g/mol. The van der Waals surface area contributed by atoms with Crippen molar-refractivity contribution in [1.82, 2.24) is 15.5 Å². The highest BCUT2D eigenvalue weighted by Crippen LogP contribution is 2.12. The lowest BCUT2D eigenvalue weighted by molar-refractivity contribution is -0.125. The summed E-state index contributed by atoms with van der Waals surface area (Å²) in [6.07, 6.45) is 0. The molecule has 0 aliphatic heterocycles. The molecule has 8 heteroatoms. The van der Waals surface area contributed by atoms with Gasteiger partial charge in [0.05, 0.1) is 12.6 Å². The van der Waals surface area contributed by atoms with Crippen molar-refractivity contribution in [3.63, 3.8) is 0 Å². The second kappa shape index (κ2) is 6.41. The Morgan fingerprint density at radius 2 is 2.06 bits per heavy atom. The molecule has 1 rings (SSSR count). The van der Waals surface area contributed by atoms with Crippen LogP contribution in [0.15, 0.2) is 0 Å². The average molecular weight is 271 g/mol. The Hall–Kier alpha value is -1.54. The predicted molar refractivity (Wildman–Crippen MR) is 69.1 cm³/mol. The second-order valence-electron chi connectivity index (χ2n) is 4.16. The van der Waals surface area contributed by atoms with Gasteiger partial charge in [0.2, 0.25) is 16.9 Å². The smallest absolute Gasteiger partial charge is 0.245 e. The zero-order chi connectivity index (χ0) is 13.7. The van der Waals surface area contributed by atoms with Crippen LogP contribution in [-0.4, -0.2) is 34.6 Å². The first kappa shape index (κ1) is 14.5. The lowest BCUT2D eigenvalue weighted by Crippen LogP contribution is -2.46. The van der Waals surface area contributed by atoms with Crippen molar-refractivity contribution in [2.45, 2.75) is 26.8 Å². The van der Waals surface area contributed by atoms with Crippen LogP contribution >= 0.6 is 11.3 Å². The van der Waals surface area contributed by atoms with E-state index < -0.39 is 6.04 Å². The second-order valence-corrected chi connectivity index (χ2v) is 5.34. The fraction of sp³-hybridized carbons (Fsp3) is 0.600. The number of carbonyl (C=O) groups excluding carboxylic acids is 2. The molecular weight excluding hydrogens is 254 g/mol. The van der Waals surface area contributed by atoms with Crippen molar-refractivity contribution in [3.05, 3.63) is 5.01 Å². The molecule has 7 nitrogen and oxygen atoms in total. The minimum atomic E-state index is -0.610. The predicted octanol–water partition coefficient (Wildman–Crippen LogP) is -0.115. The molecule has 0 saturated carbocycles. The van der Waals surface area contributed by atoms with Gasteiger partial charge in [0.1, 0.15) is 5.01 Å². The van der Waals surface area contributed by atoms with E-state index in [4.69, 9.17) is 5.73 Å². The number of nitrogens with one attached hydrogen (secondary N) is 2. The van der Waals surface area contributed by atoms with Crippen LogP contribution in [0, 0.1) is 12.8 Å². The molecular formula is C10H17N5O2S. The van der Waals surface area contributed by atoms with Crippen LogP contribution in [0.5, 0.6) is 0 Å². The molecule has 0 aromatic carbocycles. The van der Waals surface area contributed by atoms with Gasteiger partial charge < -0.3 is 11.1 Å². The molecule has 0 fully saturated rings. The van der Waals surface area contributed by atoms with Crippen LogP contribution in [0.1, 0.15) is 18.9 Å². The maximum Gasteiger partial charge on any atom is 0.245 e. The number of anilines is 1. The van der Waals surface area contributed by atoms with E-state index in [2.05, 4.69) is 20.8 Å². The maximum atomic E-state index is 11.5. The Morgan fingerprint density at radius 3 is 2.56 bits per heavy atom. The molecule has 1 atom stereocenters. The van der Waals surface area contributed by atoms with Gasteiger partial charge in [-0.15, -0.1) is 10.2 Å². The van der Waals surface area contributed by atoms with Gasteiger partial charge in [-0.25, -0.2) is 0 Å². The summed E-state index contributed by atoms with van der Waals surface area (Å²) in [4.78, 5) is 23.0. The van der Waals surface area contributed by atoms with E-state index in [1.54, 1.807) is 6.92 Å². The van der Waals surface area contributed by atoms with Crippen LogP contribution in [0.3, 0.4) is 0 Å². The summed E-state index contributed by atoms with van der Waals surface area (Å²) in [5, 5.41) is 13.7. The molecule has 18 heavy (non-hydrogen) atoms. The van der Waals surface area contributed by atoms with Gasteiger partial charge in [-0.3, -0.25) is 14.9 Å². The third kappa shape index (κ3) is 4.38. The minimum absolute atomic E-state index is 0.0267. The third-order valence-corrected chi connectivity index (χ3v) is 2.97. The Kier molecular flexibility index (Phi) is 5.17. The largest absolute Gasteiger partial charge is 0.346 e. The lowest BCUT2D eigenvalue weighted by atomic mass is 10.1. The summed E-state index contributed by atoms with van der Waals surface area (Å²) >= 11 is 1.27. The number of amides is 2. The van der Waals surface area contributed by atoms with E-state index in [1.807, 2.05) is 13.8 Å². The van der Waals surface area contributed by atoms with Gasteiger partial charge >= 0.3 is 0 Å². The molecule has 100 valence electrons. The molecule has 0 unspecified atom stereocenters. The molecule has 0 spiro atoms. The van der Waals surface area contributed by atoms with E-state index in [-0.39, 0.29) is 24.3 Å². The molecule has 2 amide bonds. The van der Waals surface area contributed by atoms with Gasteiger partial charge in [0, 0.05) is 0 Å². The Labute approximate surface area is 109 Å². The summed E-state index contributed by atoms with van der Waals surface area (Å²) in [7, 11) is 0. The first-order chi connectivity index (χ1) is 8.40. The number of rotatable bonds is 5. The van der Waals surface area contributed by atoms with Gasteiger partial charge in [-0.2, -0.15) is 0 Å². The van der Waals surface area contributed by atoms with E-state index in [9.17, 15) is 9.59 Å². The van der Waals surface area contributed by atoms with Gasteiger partial charge in [-0.1, -0.05) is 25.2 Å². The summed E-state index contributed by atoms with van der Waals surface area (Å²) in [5.41, 5.74) is 5.64. The average Bonchev–Trinajstić information content (AvgIpc) is 2.70. The maximum absolute atomic E-state index is 11.5. The molecule has 0 bridgehead atoms. The fourth-order valence-corrected chi connectivity index (χ4v) is 1.71. The van der Waals surface area contributed by atoms with Crippen molar-refractivity contribution in [3.8, 4) is 0 Å². The van der Waals surface area contributed by atoms with Crippen molar-refractivity contribution in [2.75, 3.05) is 11.9 Å². The number of carbonyl (C=O) groups is 2. The summed E-state index contributed by atoms with van der Waals surface area (Å²) in [5.74, 6) is -0.664. The van der Waals surface area contributed by atoms with Gasteiger partial charge in [0.25, 0.3) is 0 Å². The van der Waals surface area contributed by atoms with Crippen molar-refractivity contribution < 1.29 is 9.59 Å². The molecule has 1 aromatic rings. The summed E-state index contributed by atoms with van der Waals surface area (Å²) < 4.78 is 0. The third-order valence-electron chi connectivity index (χ3n) is 2.22. The minimum Gasteiger partial charge on any atom is -0.346 e. The highest BCUT2D eigenvalue weighted by atomic mass is 32.1. The van der Waals surface area contributed by atoms with Crippen molar-refractivity contribution >= 4 is 28.3 Å². The zero-order valence-corrected chi connectivity index (χ0v) is 11.4. The SMILES string of the molecule is Cc1nnc(NC(=O)CNC(=O)[C@@H](N)C(C)C)s1. The van der Waals surface area contributed by atoms with E-state index in [1.165, 1.54) is 11.3 Å². The standard InChI is InChI=1S/C10H17N5O2S/c1-5(2)8(11)9(17)12-4-7(16)13-10-15-14-6(3)18-10/h5,8H,4,11H2,1-3H3,(H,12,17)(H,13,15,16)/t8-/m0/s1. The molecule has 0 aliphatic rings. The van der Waals surface area contributed by atoms with Crippen LogP contribution in [0.25, 0.3) is 0 Å². The highest BCUT2D eigenvalue weighted by Gasteiger charge is 2.17. The van der Waals surface area contributed by atoms with Crippen molar-refractivity contribution in [1.29, 1.82) is 0 Å². The molecule has 0 radical (unpaired) electrons. The molecule has 4 N–H and O–H groups in total. The fourth-order valence-electron chi connectivity index (χ4n) is 1.10. The van der Waals surface area contributed by atoms with Gasteiger partial charge in [-0.05, 0) is 12.8 Å². The van der Waals surface area contributed by atoms with E-state index in [0.717, 1.165) is 5.01 Å². The Morgan fingerprint density at radius 1 is 1.39 bits per heavy atom. The van der Waals surface area contributed by atoms with E-state index in [0.29, 0.717) is 5.13 Å². The van der Waals surface area contributed by atoms with Crippen LogP contribution in [0.4, 0.5) is 5.13 Å². The number of hydrogen-bond donors (Lipinski definition) is 3. The van der Waals surface area contributed by atoms with Gasteiger partial charge in [0.15, 0.2) is 0 Å². The summed E-state index contributed by atoms with van der Waals surface area (Å²) in [6.45, 7) is 5.34. The quantitative estimate of drug-likeness (QED) is 0.692. The number of aromatic nitrogens is 2. The Bertz CT molecular complexity index is 432. The molecule has 0 aliphatic carbocycles. The first-order valence-corrected chi connectivity index (χ1v) is 6.35. The van der Waals surface area contributed by atoms with E-state index >= 15 is 0 Å². The zero-order valence-electron chi connectivity index (χ0n) is 10.6. The van der Waals surface area contributed by atoms with Crippen LogP contribution in [0.2, 0.25) is 0 Å². The van der Waals surface area contributed by atoms with Crippen LogP contribution < -0.4 is 16.4 Å². The Balaban J connectivity index is 2.35. The molecule has 1 aromatic heterocycles. The molecule has 1 heterocycles. The molecule has 0 saturated heterocycles. The number of aryl methyl sites for hydroxylation is 1. The normalized spacial score (nSPS) is 12.3. The number of nitrogens with zero attached hydrogens (tertiary/aromatic N) is 2. The topological polar surface area (TPSA) is 110 Å². The highest BCUT2D eigenvalue weighted by molar-refractivity contribution is 7.15. The number of hydrogen-bond acceptors (Lipinski definition) is 6. The number of nitrogens with two attached hydrogens (primary N) is 1. The first-order valence-electron chi connectivity index (χ1n) is 5.53. The van der Waals surface area contributed by atoms with Crippen molar-refractivity contribution in [2.24, 2.45) is 11.7 Å². The van der Waals surface area contributed by atoms with Crippen LogP contribution in [-0.2, 0) is 9.59 Å². The lowest BCUT2D eigenvalue weighted by Gasteiger charge is -2.14.